The summed E-state index contributed by atoms with van der Waals surface area (Å²) >= 11 is 1.54. The smallest absolute Gasteiger partial charge is 0.334 e. The lowest BCUT2D eigenvalue weighted by molar-refractivity contribution is -0.138. The Kier molecular flexibility index (Phi) is 5.42. The number of imide groups is 1. The number of benzene rings is 2. The van der Waals surface area contributed by atoms with Crippen molar-refractivity contribution in [3.8, 4) is 5.75 Å². The molecule has 3 rings (SSSR count). The van der Waals surface area contributed by atoms with E-state index >= 15 is 0 Å². The first-order chi connectivity index (χ1) is 12.5. The van der Waals surface area contributed by atoms with Crippen molar-refractivity contribution in [3.05, 3.63) is 65.2 Å². The number of thioether (sulfide) groups is 1. The number of aryl methyl sites for hydroxylation is 1. The van der Waals surface area contributed by atoms with Crippen LogP contribution in [0.1, 0.15) is 32.7 Å². The van der Waals surface area contributed by atoms with Gasteiger partial charge in [-0.25, -0.2) is 4.79 Å². The van der Waals surface area contributed by atoms with Crippen molar-refractivity contribution >= 4 is 29.5 Å². The minimum Gasteiger partial charge on any atom is -0.425 e. The summed E-state index contributed by atoms with van der Waals surface area (Å²) in [6.45, 7) is 1.90. The second-order valence-corrected chi connectivity index (χ2v) is 7.05. The molecule has 5 nitrogen and oxygen atoms in total. The molecule has 2 aromatic rings. The summed E-state index contributed by atoms with van der Waals surface area (Å²) in [6, 6.07) is 12.8. The monoisotopic (exact) mass is 369 g/mol. The first-order valence-corrected chi connectivity index (χ1v) is 9.66. The van der Waals surface area contributed by atoms with Crippen molar-refractivity contribution in [2.24, 2.45) is 0 Å². The van der Waals surface area contributed by atoms with Crippen LogP contribution in [0.3, 0.4) is 0 Å². The molecule has 0 N–H and O–H groups in total. The van der Waals surface area contributed by atoms with Crippen molar-refractivity contribution in [2.45, 2.75) is 19.4 Å². The van der Waals surface area contributed by atoms with Crippen LogP contribution in [-0.2, 0) is 4.79 Å². The van der Waals surface area contributed by atoms with Crippen molar-refractivity contribution < 1.29 is 19.1 Å². The maximum Gasteiger partial charge on any atom is 0.334 e. The highest BCUT2D eigenvalue weighted by atomic mass is 32.2. The summed E-state index contributed by atoms with van der Waals surface area (Å²) in [6.07, 6.45) is 2.25. The SMILES string of the molecule is CSCC[C@H](C(=O)Oc1cccc(C)c1)N1C(=O)c2ccccc2C1=O. The molecule has 1 atom stereocenters. The van der Waals surface area contributed by atoms with Crippen LogP contribution in [0.2, 0.25) is 0 Å². The lowest BCUT2D eigenvalue weighted by Gasteiger charge is -2.24. The largest absolute Gasteiger partial charge is 0.425 e. The van der Waals surface area contributed by atoms with E-state index < -0.39 is 23.8 Å². The van der Waals surface area contributed by atoms with Crippen LogP contribution in [0.4, 0.5) is 0 Å². The van der Waals surface area contributed by atoms with E-state index in [1.807, 2.05) is 19.2 Å². The topological polar surface area (TPSA) is 63.7 Å². The number of fused-ring (bicyclic) bond motifs is 1. The zero-order chi connectivity index (χ0) is 18.7. The summed E-state index contributed by atoms with van der Waals surface area (Å²) in [5, 5.41) is 0. The Hall–Kier alpha value is -2.60. The normalized spacial score (nSPS) is 14.3. The molecule has 2 amide bonds. The average molecular weight is 369 g/mol. The summed E-state index contributed by atoms with van der Waals surface area (Å²) in [4.78, 5) is 39.2. The second kappa shape index (κ2) is 7.74. The van der Waals surface area contributed by atoms with Gasteiger partial charge in [0.15, 0.2) is 0 Å². The minimum absolute atomic E-state index is 0.329. The highest BCUT2D eigenvalue weighted by Gasteiger charge is 2.43. The van der Waals surface area contributed by atoms with E-state index in [1.54, 1.807) is 54.2 Å². The van der Waals surface area contributed by atoms with E-state index in [0.29, 0.717) is 29.1 Å². The molecule has 1 aliphatic heterocycles. The summed E-state index contributed by atoms with van der Waals surface area (Å²) in [5.41, 5.74) is 1.61. The Morgan fingerprint density at radius 1 is 1.08 bits per heavy atom. The van der Waals surface area contributed by atoms with Crippen LogP contribution in [0, 0.1) is 6.92 Å². The van der Waals surface area contributed by atoms with Crippen molar-refractivity contribution in [2.75, 3.05) is 12.0 Å². The molecule has 0 fully saturated rings. The zero-order valence-corrected chi connectivity index (χ0v) is 15.4. The number of rotatable bonds is 6. The van der Waals surface area contributed by atoms with Gasteiger partial charge in [0, 0.05) is 0 Å². The number of carbonyl (C=O) groups is 3. The number of carbonyl (C=O) groups excluding carboxylic acids is 3. The van der Waals surface area contributed by atoms with Gasteiger partial charge < -0.3 is 4.74 Å². The third-order valence-corrected chi connectivity index (χ3v) is 4.86. The Balaban J connectivity index is 1.88. The number of nitrogens with zero attached hydrogens (tertiary/aromatic N) is 1. The Labute approximate surface area is 156 Å². The van der Waals surface area contributed by atoms with Gasteiger partial charge >= 0.3 is 5.97 Å². The zero-order valence-electron chi connectivity index (χ0n) is 14.6. The molecule has 0 spiro atoms. The minimum atomic E-state index is -0.949. The predicted molar refractivity (Wildman–Crippen MR) is 101 cm³/mol. The fraction of sp³-hybridized carbons (Fsp3) is 0.250. The molecule has 0 saturated carbocycles. The summed E-state index contributed by atoms with van der Waals surface area (Å²) in [5.74, 6) is -0.461. The Morgan fingerprint density at radius 2 is 1.73 bits per heavy atom. The molecule has 0 unspecified atom stereocenters. The highest BCUT2D eigenvalue weighted by Crippen LogP contribution is 2.27. The van der Waals surface area contributed by atoms with Crippen LogP contribution < -0.4 is 4.74 Å². The maximum atomic E-state index is 12.8. The number of amides is 2. The van der Waals surface area contributed by atoms with Gasteiger partial charge in [-0.15, -0.1) is 0 Å². The van der Waals surface area contributed by atoms with Crippen LogP contribution >= 0.6 is 11.8 Å². The molecular formula is C20H19NO4S. The molecule has 0 aliphatic carbocycles. The van der Waals surface area contributed by atoms with E-state index in [2.05, 4.69) is 0 Å². The lowest BCUT2D eigenvalue weighted by Crippen LogP contribution is -2.47. The average Bonchev–Trinajstić information content (AvgIpc) is 2.87. The fourth-order valence-electron chi connectivity index (χ4n) is 2.94. The molecule has 0 saturated heterocycles. The van der Waals surface area contributed by atoms with Crippen molar-refractivity contribution in [3.63, 3.8) is 0 Å². The van der Waals surface area contributed by atoms with Gasteiger partial charge in [-0.05, 0) is 55.2 Å². The van der Waals surface area contributed by atoms with Crippen molar-refractivity contribution in [1.82, 2.24) is 4.90 Å². The van der Waals surface area contributed by atoms with Gasteiger partial charge in [0.2, 0.25) is 0 Å². The van der Waals surface area contributed by atoms with Crippen LogP contribution in [0.25, 0.3) is 0 Å². The quantitative estimate of drug-likeness (QED) is 0.444. The molecule has 134 valence electrons. The third-order valence-electron chi connectivity index (χ3n) is 4.21. The molecule has 2 aromatic carbocycles. The van der Waals surface area contributed by atoms with E-state index in [4.69, 9.17) is 4.74 Å². The van der Waals surface area contributed by atoms with Crippen LogP contribution in [-0.4, -0.2) is 40.7 Å². The number of hydrogen-bond donors (Lipinski definition) is 0. The van der Waals surface area contributed by atoms with Gasteiger partial charge in [-0.2, -0.15) is 11.8 Å². The van der Waals surface area contributed by atoms with Gasteiger partial charge in [0.1, 0.15) is 11.8 Å². The van der Waals surface area contributed by atoms with E-state index in [0.717, 1.165) is 10.5 Å². The summed E-state index contributed by atoms with van der Waals surface area (Å²) in [7, 11) is 0. The molecule has 0 radical (unpaired) electrons. The number of esters is 1. The Bertz CT molecular complexity index is 829. The van der Waals surface area contributed by atoms with Crippen LogP contribution in [0.5, 0.6) is 5.75 Å². The molecule has 26 heavy (non-hydrogen) atoms. The molecule has 0 aromatic heterocycles. The summed E-state index contributed by atoms with van der Waals surface area (Å²) < 4.78 is 5.47. The van der Waals surface area contributed by atoms with Gasteiger partial charge in [-0.1, -0.05) is 24.3 Å². The van der Waals surface area contributed by atoms with E-state index in [9.17, 15) is 14.4 Å². The molecule has 0 bridgehead atoms. The van der Waals surface area contributed by atoms with Gasteiger partial charge in [-0.3, -0.25) is 14.5 Å². The first-order valence-electron chi connectivity index (χ1n) is 8.27. The van der Waals surface area contributed by atoms with Gasteiger partial charge in [0.25, 0.3) is 11.8 Å². The lowest BCUT2D eigenvalue weighted by atomic mass is 10.1. The Morgan fingerprint density at radius 3 is 2.31 bits per heavy atom. The van der Waals surface area contributed by atoms with E-state index in [-0.39, 0.29) is 0 Å². The number of hydrogen-bond acceptors (Lipinski definition) is 5. The highest BCUT2D eigenvalue weighted by molar-refractivity contribution is 7.98. The molecular weight excluding hydrogens is 350 g/mol. The first kappa shape index (κ1) is 18.2. The standard InChI is InChI=1S/C20H19NO4S/c1-13-6-5-7-14(12-13)25-20(24)17(10-11-26-2)21-18(22)15-8-3-4-9-16(15)19(21)23/h3-9,12,17H,10-11H2,1-2H3/t17-/m1/s1. The fourth-order valence-corrected chi connectivity index (χ4v) is 3.39. The predicted octanol–water partition coefficient (Wildman–Crippen LogP) is 3.32. The van der Waals surface area contributed by atoms with Crippen LogP contribution in [0.15, 0.2) is 48.5 Å². The van der Waals surface area contributed by atoms with Crippen molar-refractivity contribution in [1.29, 1.82) is 0 Å². The maximum absolute atomic E-state index is 12.8. The van der Waals surface area contributed by atoms with E-state index in [1.165, 1.54) is 0 Å². The second-order valence-electron chi connectivity index (χ2n) is 6.06. The molecule has 6 heteroatoms. The van der Waals surface area contributed by atoms with Gasteiger partial charge in [0.05, 0.1) is 11.1 Å². The molecule has 1 aliphatic rings. The molecule has 1 heterocycles. The number of ether oxygens (including phenoxy) is 1. The third kappa shape index (κ3) is 3.51.